The van der Waals surface area contributed by atoms with Gasteiger partial charge >= 0.3 is 16.1 Å². The van der Waals surface area contributed by atoms with Gasteiger partial charge in [-0.15, -0.1) is 0 Å². The number of hydrogen-bond acceptors (Lipinski definition) is 7. The van der Waals surface area contributed by atoms with Crippen molar-refractivity contribution in [1.82, 2.24) is 0 Å². The predicted octanol–water partition coefficient (Wildman–Crippen LogP) is 2.06. The Morgan fingerprint density at radius 2 is 2.23 bits per heavy atom. The van der Waals surface area contributed by atoms with E-state index >= 15 is 0 Å². The molecule has 0 aromatic heterocycles. The molecule has 7 nitrogen and oxygen atoms in total. The minimum Gasteiger partial charge on any atom is -0.461 e. The van der Waals surface area contributed by atoms with Gasteiger partial charge in [-0.05, 0) is 19.1 Å². The van der Waals surface area contributed by atoms with Crippen molar-refractivity contribution >= 4 is 33.4 Å². The summed E-state index contributed by atoms with van der Waals surface area (Å²) in [5.74, 6) is -0.539. The fraction of sp³-hybridized carbons (Fsp3) is 0.385. The lowest BCUT2D eigenvalue weighted by Gasteiger charge is -2.15. The highest BCUT2D eigenvalue weighted by Crippen LogP contribution is 2.39. The topological polar surface area (TPSA) is 91.3 Å². The van der Waals surface area contributed by atoms with E-state index < -0.39 is 22.2 Å². The highest BCUT2D eigenvalue weighted by molar-refractivity contribution is 7.86. The summed E-state index contributed by atoms with van der Waals surface area (Å²) in [7, 11) is -3.73. The summed E-state index contributed by atoms with van der Waals surface area (Å²) in [6, 6.07) is 4.57. The highest BCUT2D eigenvalue weighted by Gasteiger charge is 2.32. The average Bonchev–Trinajstić information content (AvgIpc) is 2.86. The smallest absolute Gasteiger partial charge is 0.356 e. The lowest BCUT2D eigenvalue weighted by atomic mass is 10.0. The molecule has 1 aromatic carbocycles. The van der Waals surface area contributed by atoms with Crippen molar-refractivity contribution in [3.8, 4) is 5.75 Å². The second-order valence-corrected chi connectivity index (χ2v) is 6.48. The van der Waals surface area contributed by atoms with Crippen molar-refractivity contribution in [1.29, 1.82) is 0 Å². The first-order valence-electron chi connectivity index (χ1n) is 6.39. The van der Waals surface area contributed by atoms with Crippen LogP contribution < -0.4 is 4.18 Å². The lowest BCUT2D eigenvalue weighted by molar-refractivity contribution is -0.135. The van der Waals surface area contributed by atoms with Crippen molar-refractivity contribution in [2.45, 2.75) is 19.4 Å². The molecule has 1 unspecified atom stereocenters. The molecule has 1 aliphatic rings. The van der Waals surface area contributed by atoms with E-state index in [-0.39, 0.29) is 29.5 Å². The van der Waals surface area contributed by atoms with Crippen LogP contribution in [0.2, 0.25) is 5.02 Å². The molecule has 0 aliphatic carbocycles. The monoisotopic (exact) mass is 347 g/mol. The van der Waals surface area contributed by atoms with Gasteiger partial charge in [0.2, 0.25) is 0 Å². The Bertz CT molecular complexity index is 715. The Kier molecular flexibility index (Phi) is 4.92. The molecule has 0 radical (unpaired) electrons. The van der Waals surface area contributed by atoms with E-state index in [1.165, 1.54) is 6.07 Å². The number of carbonyl (C=O) groups is 1. The van der Waals surface area contributed by atoms with E-state index in [0.717, 1.165) is 6.26 Å². The fourth-order valence-electron chi connectivity index (χ4n) is 1.93. The van der Waals surface area contributed by atoms with Gasteiger partial charge in [0.25, 0.3) is 0 Å². The molecule has 9 heteroatoms. The van der Waals surface area contributed by atoms with E-state index in [9.17, 15) is 13.2 Å². The Balaban J connectivity index is 2.26. The number of benzene rings is 1. The molecular formula is C13H14ClNO6S. The highest BCUT2D eigenvalue weighted by atomic mass is 35.5. The second kappa shape index (κ2) is 6.53. The van der Waals surface area contributed by atoms with Crippen LogP contribution in [0, 0.1) is 0 Å². The molecule has 1 aromatic rings. The van der Waals surface area contributed by atoms with E-state index in [1.807, 2.05) is 0 Å². The van der Waals surface area contributed by atoms with Gasteiger partial charge < -0.3 is 13.8 Å². The predicted molar refractivity (Wildman–Crippen MR) is 79.4 cm³/mol. The van der Waals surface area contributed by atoms with Crippen molar-refractivity contribution < 1.29 is 27.0 Å². The lowest BCUT2D eigenvalue weighted by Crippen LogP contribution is -2.16. The molecule has 120 valence electrons. The fourth-order valence-corrected chi connectivity index (χ4v) is 2.69. The maximum Gasteiger partial charge on any atom is 0.356 e. The van der Waals surface area contributed by atoms with E-state index in [4.69, 9.17) is 25.4 Å². The first kappa shape index (κ1) is 16.6. The number of ether oxygens (including phenoxy) is 1. The van der Waals surface area contributed by atoms with Gasteiger partial charge in [0, 0.05) is 6.42 Å². The quantitative estimate of drug-likeness (QED) is 0.598. The van der Waals surface area contributed by atoms with Crippen molar-refractivity contribution in [2.24, 2.45) is 5.16 Å². The molecule has 1 heterocycles. The zero-order chi connectivity index (χ0) is 16.3. The molecule has 0 amide bonds. The molecule has 0 fully saturated rings. The molecule has 0 N–H and O–H groups in total. The molecule has 1 aliphatic heterocycles. The SMILES string of the molecule is CCOC(=O)C1=NOC(c2c(Cl)cccc2OS(C)(=O)=O)C1. The molecule has 0 saturated heterocycles. The number of rotatable bonds is 5. The summed E-state index contributed by atoms with van der Waals surface area (Å²) in [5.41, 5.74) is 0.426. The Labute approximate surface area is 132 Å². The Morgan fingerprint density at radius 1 is 1.50 bits per heavy atom. The Morgan fingerprint density at radius 3 is 2.86 bits per heavy atom. The molecule has 0 spiro atoms. The van der Waals surface area contributed by atoms with E-state index in [2.05, 4.69) is 5.16 Å². The van der Waals surface area contributed by atoms with E-state index in [0.29, 0.717) is 5.56 Å². The molecule has 22 heavy (non-hydrogen) atoms. The molecule has 0 saturated carbocycles. The summed E-state index contributed by atoms with van der Waals surface area (Å²) >= 11 is 6.10. The van der Waals surface area contributed by atoms with Gasteiger partial charge in [-0.2, -0.15) is 8.42 Å². The number of nitrogens with zero attached hydrogens (tertiary/aromatic N) is 1. The average molecular weight is 348 g/mol. The zero-order valence-electron chi connectivity index (χ0n) is 11.9. The summed E-state index contributed by atoms with van der Waals surface area (Å²) < 4.78 is 32.4. The summed E-state index contributed by atoms with van der Waals surface area (Å²) in [5, 5.41) is 3.93. The van der Waals surface area contributed by atoms with Crippen LogP contribution in [0.15, 0.2) is 23.4 Å². The van der Waals surface area contributed by atoms with Gasteiger partial charge in [-0.1, -0.05) is 22.8 Å². The second-order valence-electron chi connectivity index (χ2n) is 4.50. The third kappa shape index (κ3) is 3.89. The van der Waals surface area contributed by atoms with E-state index in [1.54, 1.807) is 19.1 Å². The van der Waals surface area contributed by atoms with Gasteiger partial charge in [-0.25, -0.2) is 4.79 Å². The zero-order valence-corrected chi connectivity index (χ0v) is 13.5. The van der Waals surface area contributed by atoms with Crippen molar-refractivity contribution in [2.75, 3.05) is 12.9 Å². The number of halogens is 1. The third-order valence-corrected chi connectivity index (χ3v) is 3.57. The minimum atomic E-state index is -3.73. The number of carbonyl (C=O) groups excluding carboxylic acids is 1. The van der Waals surface area contributed by atoms with Crippen molar-refractivity contribution in [3.05, 3.63) is 28.8 Å². The van der Waals surface area contributed by atoms with Crippen LogP contribution in [-0.2, 0) is 24.5 Å². The molecule has 1 atom stereocenters. The largest absolute Gasteiger partial charge is 0.461 e. The van der Waals surface area contributed by atoms with Crippen LogP contribution in [0.3, 0.4) is 0 Å². The summed E-state index contributed by atoms with van der Waals surface area (Å²) in [4.78, 5) is 16.8. The number of oxime groups is 1. The standard InChI is InChI=1S/C13H14ClNO6S/c1-3-19-13(16)9-7-11(20-15-9)12-8(14)5-4-6-10(12)21-22(2,17)18/h4-6,11H,3,7H2,1-2H3. The third-order valence-electron chi connectivity index (χ3n) is 2.76. The van der Waals surface area contributed by atoms with Crippen LogP contribution >= 0.6 is 11.6 Å². The van der Waals surface area contributed by atoms with Gasteiger partial charge in [0.15, 0.2) is 17.6 Å². The number of hydrogen-bond donors (Lipinski definition) is 0. The molecular weight excluding hydrogens is 334 g/mol. The molecule has 2 rings (SSSR count). The summed E-state index contributed by atoms with van der Waals surface area (Å²) in [6.07, 6.45) is 0.320. The maximum atomic E-state index is 11.6. The Hall–Kier alpha value is -1.80. The number of esters is 1. The normalized spacial score (nSPS) is 17.6. The van der Waals surface area contributed by atoms with Crippen LogP contribution in [-0.4, -0.2) is 33.0 Å². The van der Waals surface area contributed by atoms with Crippen LogP contribution in [0.1, 0.15) is 25.0 Å². The summed E-state index contributed by atoms with van der Waals surface area (Å²) in [6.45, 7) is 1.90. The first-order valence-corrected chi connectivity index (χ1v) is 8.59. The maximum absolute atomic E-state index is 11.6. The first-order chi connectivity index (χ1) is 10.3. The van der Waals surface area contributed by atoms with Crippen LogP contribution in [0.25, 0.3) is 0 Å². The van der Waals surface area contributed by atoms with Gasteiger partial charge in [0.05, 0.1) is 23.4 Å². The molecule has 0 bridgehead atoms. The van der Waals surface area contributed by atoms with Crippen LogP contribution in [0.4, 0.5) is 0 Å². The van der Waals surface area contributed by atoms with Crippen molar-refractivity contribution in [3.63, 3.8) is 0 Å². The van der Waals surface area contributed by atoms with Crippen LogP contribution in [0.5, 0.6) is 5.75 Å². The van der Waals surface area contributed by atoms with Gasteiger partial charge in [-0.3, -0.25) is 0 Å². The minimum absolute atomic E-state index is 0.0420. The van der Waals surface area contributed by atoms with Gasteiger partial charge in [0.1, 0.15) is 0 Å².